The molecule has 0 bridgehead atoms. The molecule has 0 spiro atoms. The van der Waals surface area contributed by atoms with Crippen molar-refractivity contribution in [3.8, 4) is 0 Å². The van der Waals surface area contributed by atoms with Crippen LogP contribution in [0.5, 0.6) is 0 Å². The van der Waals surface area contributed by atoms with E-state index in [2.05, 4.69) is 25.7 Å². The molecule has 1 aliphatic heterocycles. The number of nitrogens with two attached hydrogens (primary N) is 1. The van der Waals surface area contributed by atoms with E-state index in [0.717, 1.165) is 32.4 Å². The molecule has 130 valence electrons. The molecule has 1 saturated heterocycles. The average Bonchev–Trinajstić information content (AvgIpc) is 2.52. The first-order valence-electron chi connectivity index (χ1n) is 9.64. The summed E-state index contributed by atoms with van der Waals surface area (Å²) in [7, 11) is 0. The lowest BCUT2D eigenvalue weighted by Crippen LogP contribution is -2.62. The van der Waals surface area contributed by atoms with Crippen LogP contribution in [0.15, 0.2) is 0 Å². The van der Waals surface area contributed by atoms with Gasteiger partial charge in [0.25, 0.3) is 0 Å². The third-order valence-corrected chi connectivity index (χ3v) is 5.56. The summed E-state index contributed by atoms with van der Waals surface area (Å²) in [6.45, 7) is 8.82. The van der Waals surface area contributed by atoms with Crippen molar-refractivity contribution in [1.82, 2.24) is 4.90 Å². The Morgan fingerprint density at radius 2 is 1.64 bits per heavy atom. The van der Waals surface area contributed by atoms with Gasteiger partial charge >= 0.3 is 0 Å². The lowest BCUT2D eigenvalue weighted by atomic mass is 9.75. The Morgan fingerprint density at radius 1 is 1.05 bits per heavy atom. The van der Waals surface area contributed by atoms with Crippen LogP contribution in [0, 0.1) is 5.92 Å². The summed E-state index contributed by atoms with van der Waals surface area (Å²) in [4.78, 5) is 15.0. The van der Waals surface area contributed by atoms with Gasteiger partial charge in [-0.3, -0.25) is 9.69 Å². The Kier molecular flexibility index (Phi) is 9.08. The van der Waals surface area contributed by atoms with Crippen molar-refractivity contribution in [2.24, 2.45) is 11.7 Å². The van der Waals surface area contributed by atoms with Gasteiger partial charge < -0.3 is 5.73 Å². The lowest BCUT2D eigenvalue weighted by Gasteiger charge is -2.47. The number of hydrogen-bond acceptors (Lipinski definition) is 2. The van der Waals surface area contributed by atoms with Crippen molar-refractivity contribution in [3.05, 3.63) is 0 Å². The molecule has 0 radical (unpaired) electrons. The maximum absolute atomic E-state index is 12.6. The highest BCUT2D eigenvalue weighted by atomic mass is 16.1. The molecule has 3 heteroatoms. The van der Waals surface area contributed by atoms with Crippen molar-refractivity contribution in [2.45, 2.75) is 96.9 Å². The molecule has 2 unspecified atom stereocenters. The molecule has 2 N–H and O–H groups in total. The Hall–Kier alpha value is -0.570. The zero-order valence-corrected chi connectivity index (χ0v) is 15.2. The SMILES string of the molecule is CCCCCC(C)C(CCCCC)(C(N)=O)N1CCCCC1. The molecule has 0 aliphatic carbocycles. The molecule has 0 aromatic carbocycles. The lowest BCUT2D eigenvalue weighted by molar-refractivity contribution is -0.136. The number of likely N-dealkylation sites (tertiary alicyclic amines) is 1. The number of carbonyl (C=O) groups excluding carboxylic acids is 1. The van der Waals surface area contributed by atoms with Gasteiger partial charge in [-0.05, 0) is 44.7 Å². The number of carbonyl (C=O) groups is 1. The largest absolute Gasteiger partial charge is 0.368 e. The van der Waals surface area contributed by atoms with Crippen LogP contribution in [-0.4, -0.2) is 29.4 Å². The molecule has 0 saturated carbocycles. The first-order chi connectivity index (χ1) is 10.6. The summed E-state index contributed by atoms with van der Waals surface area (Å²) in [5.41, 5.74) is 5.61. The van der Waals surface area contributed by atoms with Gasteiger partial charge in [0.2, 0.25) is 5.91 Å². The van der Waals surface area contributed by atoms with Gasteiger partial charge in [0.05, 0.1) is 0 Å². The van der Waals surface area contributed by atoms with Crippen LogP contribution in [0.4, 0.5) is 0 Å². The first kappa shape index (κ1) is 19.5. The second-order valence-corrected chi connectivity index (χ2v) is 7.19. The number of rotatable bonds is 11. The Balaban J connectivity index is 2.88. The van der Waals surface area contributed by atoms with Gasteiger partial charge in [-0.15, -0.1) is 0 Å². The first-order valence-corrected chi connectivity index (χ1v) is 9.64. The standard InChI is InChI=1S/C19H38N2O/c1-4-6-9-13-17(3)19(18(20)22,14-10-7-5-2)21-15-11-8-12-16-21/h17H,4-16H2,1-3H3,(H2,20,22). The monoisotopic (exact) mass is 310 g/mol. The quantitative estimate of drug-likeness (QED) is 0.571. The molecular formula is C19H38N2O. The van der Waals surface area contributed by atoms with Crippen LogP contribution >= 0.6 is 0 Å². The number of nitrogens with zero attached hydrogens (tertiary/aromatic N) is 1. The predicted octanol–water partition coefficient (Wildman–Crippen LogP) is 4.49. The van der Waals surface area contributed by atoms with Gasteiger partial charge in [-0.2, -0.15) is 0 Å². The highest BCUT2D eigenvalue weighted by molar-refractivity contribution is 5.85. The maximum atomic E-state index is 12.6. The summed E-state index contributed by atoms with van der Waals surface area (Å²) in [6.07, 6.45) is 13.0. The van der Waals surface area contributed by atoms with E-state index in [1.165, 1.54) is 51.4 Å². The van der Waals surface area contributed by atoms with E-state index in [0.29, 0.717) is 5.92 Å². The maximum Gasteiger partial charge on any atom is 0.238 e. The third-order valence-electron chi connectivity index (χ3n) is 5.56. The summed E-state index contributed by atoms with van der Waals surface area (Å²) >= 11 is 0. The predicted molar refractivity (Wildman–Crippen MR) is 94.8 cm³/mol. The number of hydrogen-bond donors (Lipinski definition) is 1. The Labute approximate surface area is 138 Å². The third kappa shape index (κ3) is 4.97. The van der Waals surface area contributed by atoms with Crippen LogP contribution in [0.2, 0.25) is 0 Å². The van der Waals surface area contributed by atoms with Crippen molar-refractivity contribution < 1.29 is 4.79 Å². The second-order valence-electron chi connectivity index (χ2n) is 7.19. The second kappa shape index (κ2) is 10.3. The minimum absolute atomic E-state index is 0.0745. The Morgan fingerprint density at radius 3 is 2.18 bits per heavy atom. The number of piperidine rings is 1. The summed E-state index contributed by atoms with van der Waals surface area (Å²) < 4.78 is 0. The molecule has 1 rings (SSSR count). The molecule has 3 nitrogen and oxygen atoms in total. The molecular weight excluding hydrogens is 272 g/mol. The summed E-state index contributed by atoms with van der Waals surface area (Å²) in [5, 5.41) is 0. The van der Waals surface area contributed by atoms with Gasteiger partial charge in [0.15, 0.2) is 0 Å². The fraction of sp³-hybridized carbons (Fsp3) is 0.947. The molecule has 1 fully saturated rings. The molecule has 0 aromatic heterocycles. The van der Waals surface area contributed by atoms with Gasteiger partial charge in [0, 0.05) is 0 Å². The molecule has 0 aromatic rings. The van der Waals surface area contributed by atoms with E-state index >= 15 is 0 Å². The normalized spacial score (nSPS) is 20.5. The van der Waals surface area contributed by atoms with Crippen LogP contribution in [0.1, 0.15) is 91.4 Å². The summed E-state index contributed by atoms with van der Waals surface area (Å²) in [6, 6.07) is 0. The molecule has 2 atom stereocenters. The van der Waals surface area contributed by atoms with Gasteiger partial charge in [-0.25, -0.2) is 0 Å². The van der Waals surface area contributed by atoms with Crippen LogP contribution < -0.4 is 5.73 Å². The zero-order valence-electron chi connectivity index (χ0n) is 15.2. The fourth-order valence-electron chi connectivity index (χ4n) is 4.11. The van der Waals surface area contributed by atoms with E-state index in [-0.39, 0.29) is 5.91 Å². The number of unbranched alkanes of at least 4 members (excludes halogenated alkanes) is 4. The van der Waals surface area contributed by atoms with Crippen LogP contribution in [-0.2, 0) is 4.79 Å². The minimum Gasteiger partial charge on any atom is -0.368 e. The van der Waals surface area contributed by atoms with Gasteiger partial charge in [0.1, 0.15) is 5.54 Å². The van der Waals surface area contributed by atoms with Gasteiger partial charge in [-0.1, -0.05) is 65.7 Å². The topological polar surface area (TPSA) is 46.3 Å². The van der Waals surface area contributed by atoms with E-state index in [4.69, 9.17) is 5.73 Å². The van der Waals surface area contributed by atoms with Crippen LogP contribution in [0.25, 0.3) is 0 Å². The van der Waals surface area contributed by atoms with Crippen molar-refractivity contribution in [1.29, 1.82) is 0 Å². The van der Waals surface area contributed by atoms with E-state index in [9.17, 15) is 4.79 Å². The highest BCUT2D eigenvalue weighted by Crippen LogP contribution is 2.36. The average molecular weight is 311 g/mol. The van der Waals surface area contributed by atoms with Crippen LogP contribution in [0.3, 0.4) is 0 Å². The van der Waals surface area contributed by atoms with E-state index in [1.54, 1.807) is 0 Å². The minimum atomic E-state index is -0.399. The highest BCUT2D eigenvalue weighted by Gasteiger charge is 2.46. The summed E-state index contributed by atoms with van der Waals surface area (Å²) in [5.74, 6) is 0.293. The molecule has 1 amide bonds. The molecule has 1 heterocycles. The number of primary amides is 1. The van der Waals surface area contributed by atoms with E-state index in [1.807, 2.05) is 0 Å². The molecule has 22 heavy (non-hydrogen) atoms. The number of amides is 1. The van der Waals surface area contributed by atoms with Crippen molar-refractivity contribution in [2.75, 3.05) is 13.1 Å². The van der Waals surface area contributed by atoms with Crippen molar-refractivity contribution in [3.63, 3.8) is 0 Å². The Bertz CT molecular complexity index is 313. The zero-order chi connectivity index (χ0) is 16.4. The smallest absolute Gasteiger partial charge is 0.238 e. The fourth-order valence-corrected chi connectivity index (χ4v) is 4.11. The molecule has 1 aliphatic rings. The van der Waals surface area contributed by atoms with E-state index < -0.39 is 5.54 Å². The van der Waals surface area contributed by atoms with Crippen molar-refractivity contribution >= 4 is 5.91 Å².